The van der Waals surface area contributed by atoms with Crippen molar-refractivity contribution in [2.45, 2.75) is 20.8 Å². The van der Waals surface area contributed by atoms with E-state index >= 15 is 0 Å². The zero-order valence-corrected chi connectivity index (χ0v) is 11.4. The Kier molecular flexibility index (Phi) is 6.07. The Labute approximate surface area is 99.7 Å². The minimum atomic E-state index is -1.60. The molecule has 0 radical (unpaired) electrons. The van der Waals surface area contributed by atoms with Crippen molar-refractivity contribution in [1.29, 1.82) is 0 Å². The van der Waals surface area contributed by atoms with Gasteiger partial charge >= 0.3 is 9.28 Å². The minimum Gasteiger partial charge on any atom is -0.394 e. The van der Waals surface area contributed by atoms with Gasteiger partial charge in [0.1, 0.15) is 0 Å². The largest absolute Gasteiger partial charge is 0.394 e. The van der Waals surface area contributed by atoms with E-state index in [1.807, 2.05) is 26.0 Å². The van der Waals surface area contributed by atoms with Crippen LogP contribution in [0.5, 0.6) is 0 Å². The van der Waals surface area contributed by atoms with Crippen LogP contribution in [-0.2, 0) is 8.85 Å². The molecule has 16 heavy (non-hydrogen) atoms. The molecular weight excluding hydrogens is 216 g/mol. The molecule has 1 aromatic rings. The van der Waals surface area contributed by atoms with Crippen LogP contribution in [0, 0.1) is 6.92 Å². The van der Waals surface area contributed by atoms with Gasteiger partial charge in [-0.2, -0.15) is 0 Å². The van der Waals surface area contributed by atoms with Crippen LogP contribution in [0.4, 0.5) is 0 Å². The van der Waals surface area contributed by atoms with Gasteiger partial charge in [0.15, 0.2) is 0 Å². The van der Waals surface area contributed by atoms with Crippen LogP contribution in [-0.4, -0.2) is 22.5 Å². The summed E-state index contributed by atoms with van der Waals surface area (Å²) in [6.07, 6.45) is 2.11. The maximum atomic E-state index is 5.57. The van der Waals surface area contributed by atoms with E-state index in [2.05, 4.69) is 30.8 Å². The number of hydrogen-bond donors (Lipinski definition) is 0. The average molecular weight is 236 g/mol. The van der Waals surface area contributed by atoms with E-state index in [0.717, 1.165) is 13.2 Å². The van der Waals surface area contributed by atoms with Crippen molar-refractivity contribution in [3.63, 3.8) is 0 Å². The molecule has 1 rings (SSSR count). The second kappa shape index (κ2) is 7.38. The molecule has 0 atom stereocenters. The second-order valence-electron chi connectivity index (χ2n) is 3.49. The first kappa shape index (κ1) is 13.2. The third-order valence-electron chi connectivity index (χ3n) is 2.28. The molecule has 3 heteroatoms. The first-order valence-electron chi connectivity index (χ1n) is 5.75. The van der Waals surface area contributed by atoms with Gasteiger partial charge in [0.05, 0.1) is 0 Å². The average Bonchev–Trinajstić information content (AvgIpc) is 2.28. The second-order valence-corrected chi connectivity index (χ2v) is 5.28. The molecule has 0 fully saturated rings. The molecule has 0 bridgehead atoms. The lowest BCUT2D eigenvalue weighted by Gasteiger charge is -2.10. The van der Waals surface area contributed by atoms with E-state index in [1.165, 1.54) is 11.1 Å². The minimum absolute atomic E-state index is 0.717. The van der Waals surface area contributed by atoms with Crippen molar-refractivity contribution >= 4 is 15.4 Å². The summed E-state index contributed by atoms with van der Waals surface area (Å²) in [7, 11) is -1.60. The zero-order chi connectivity index (χ0) is 11.8. The molecule has 0 spiro atoms. The Morgan fingerprint density at radius 3 is 2.31 bits per heavy atom. The summed E-state index contributed by atoms with van der Waals surface area (Å²) in [5.74, 6) is 0. The number of rotatable bonds is 6. The molecule has 0 aromatic heterocycles. The predicted molar refractivity (Wildman–Crippen MR) is 70.6 cm³/mol. The van der Waals surface area contributed by atoms with E-state index in [-0.39, 0.29) is 0 Å². The summed E-state index contributed by atoms with van der Waals surface area (Å²) in [4.78, 5) is 0. The number of hydrogen-bond acceptors (Lipinski definition) is 2. The van der Waals surface area contributed by atoms with Crippen molar-refractivity contribution in [1.82, 2.24) is 0 Å². The van der Waals surface area contributed by atoms with Crippen LogP contribution >= 0.6 is 0 Å². The van der Waals surface area contributed by atoms with Gasteiger partial charge < -0.3 is 8.85 Å². The summed E-state index contributed by atoms with van der Waals surface area (Å²) < 4.78 is 11.1. The molecule has 0 aliphatic rings. The lowest BCUT2D eigenvalue weighted by molar-refractivity contribution is 0.224. The highest BCUT2D eigenvalue weighted by molar-refractivity contribution is 6.51. The van der Waals surface area contributed by atoms with E-state index in [1.54, 1.807) is 0 Å². The zero-order valence-electron chi connectivity index (χ0n) is 10.3. The number of aryl methyl sites for hydroxylation is 1. The Morgan fingerprint density at radius 1 is 1.12 bits per heavy atom. The van der Waals surface area contributed by atoms with Crippen molar-refractivity contribution in [3.8, 4) is 0 Å². The summed E-state index contributed by atoms with van der Waals surface area (Å²) in [5, 5.41) is 0. The van der Waals surface area contributed by atoms with Gasteiger partial charge in [0.25, 0.3) is 0 Å². The molecule has 88 valence electrons. The maximum absolute atomic E-state index is 5.57. The standard InChI is InChI=1S/C13H20O2Si/c1-4-14-16(15-5-2)11-10-13-9-7-6-8-12(13)3/h6-11,16H,4-5H2,1-3H3. The number of benzene rings is 1. The molecule has 0 unspecified atom stereocenters. The lowest BCUT2D eigenvalue weighted by atomic mass is 10.1. The lowest BCUT2D eigenvalue weighted by Crippen LogP contribution is -2.20. The van der Waals surface area contributed by atoms with E-state index in [9.17, 15) is 0 Å². The smallest absolute Gasteiger partial charge is 0.348 e. The van der Waals surface area contributed by atoms with Crippen molar-refractivity contribution < 1.29 is 8.85 Å². The summed E-state index contributed by atoms with van der Waals surface area (Å²) in [6, 6.07) is 8.31. The van der Waals surface area contributed by atoms with Gasteiger partial charge in [-0.1, -0.05) is 30.3 Å². The van der Waals surface area contributed by atoms with Crippen LogP contribution in [0.3, 0.4) is 0 Å². The molecule has 1 aromatic carbocycles. The maximum Gasteiger partial charge on any atom is 0.348 e. The van der Waals surface area contributed by atoms with Crippen molar-refractivity contribution in [3.05, 3.63) is 41.1 Å². The molecule has 0 amide bonds. The van der Waals surface area contributed by atoms with Crippen LogP contribution in [0.25, 0.3) is 6.08 Å². The normalized spacial score (nSPS) is 11.5. The Morgan fingerprint density at radius 2 is 1.75 bits per heavy atom. The van der Waals surface area contributed by atoms with Gasteiger partial charge in [0.2, 0.25) is 0 Å². The fourth-order valence-electron chi connectivity index (χ4n) is 1.44. The molecule has 0 saturated heterocycles. The van der Waals surface area contributed by atoms with Crippen molar-refractivity contribution in [2.75, 3.05) is 13.2 Å². The quantitative estimate of drug-likeness (QED) is 0.707. The molecule has 0 aliphatic carbocycles. The molecule has 0 aliphatic heterocycles. The van der Waals surface area contributed by atoms with E-state index in [0.29, 0.717) is 0 Å². The van der Waals surface area contributed by atoms with Gasteiger partial charge in [-0.05, 0) is 37.6 Å². The molecular formula is C13H20O2Si. The fourth-order valence-corrected chi connectivity index (χ4v) is 2.78. The predicted octanol–water partition coefficient (Wildman–Crippen LogP) is 2.84. The van der Waals surface area contributed by atoms with E-state index < -0.39 is 9.28 Å². The fraction of sp³-hybridized carbons (Fsp3) is 0.385. The highest BCUT2D eigenvalue weighted by Crippen LogP contribution is 2.09. The van der Waals surface area contributed by atoms with Gasteiger partial charge in [-0.15, -0.1) is 0 Å². The monoisotopic (exact) mass is 236 g/mol. The molecule has 0 saturated carbocycles. The summed E-state index contributed by atoms with van der Waals surface area (Å²) >= 11 is 0. The van der Waals surface area contributed by atoms with Crippen LogP contribution < -0.4 is 0 Å². The van der Waals surface area contributed by atoms with Crippen molar-refractivity contribution in [2.24, 2.45) is 0 Å². The topological polar surface area (TPSA) is 18.5 Å². The van der Waals surface area contributed by atoms with Crippen LogP contribution in [0.2, 0.25) is 0 Å². The van der Waals surface area contributed by atoms with E-state index in [4.69, 9.17) is 8.85 Å². The van der Waals surface area contributed by atoms with Gasteiger partial charge in [-0.3, -0.25) is 0 Å². The van der Waals surface area contributed by atoms with Gasteiger partial charge in [0, 0.05) is 13.2 Å². The third-order valence-corrected chi connectivity index (χ3v) is 4.11. The third kappa shape index (κ3) is 4.31. The van der Waals surface area contributed by atoms with Crippen LogP contribution in [0.1, 0.15) is 25.0 Å². The SMILES string of the molecule is CCO[SiH](C=Cc1ccccc1C)OCC. The summed E-state index contributed by atoms with van der Waals surface area (Å²) in [5.41, 5.74) is 4.61. The van der Waals surface area contributed by atoms with Crippen LogP contribution in [0.15, 0.2) is 30.0 Å². The molecule has 2 nitrogen and oxygen atoms in total. The Bertz CT molecular complexity index is 330. The highest BCUT2D eigenvalue weighted by atomic mass is 28.3. The highest BCUT2D eigenvalue weighted by Gasteiger charge is 2.06. The first-order chi connectivity index (χ1) is 7.77. The molecule has 0 N–H and O–H groups in total. The molecule has 0 heterocycles. The summed E-state index contributed by atoms with van der Waals surface area (Å²) in [6.45, 7) is 7.54. The first-order valence-corrected chi connectivity index (χ1v) is 7.36. The Hall–Kier alpha value is -0.903. The van der Waals surface area contributed by atoms with Gasteiger partial charge in [-0.25, -0.2) is 0 Å². The Balaban J connectivity index is 2.66.